The average molecular weight is 479 g/mol. The van der Waals surface area contributed by atoms with E-state index in [1.807, 2.05) is 84.9 Å². The maximum absolute atomic E-state index is 14.1. The number of hydrogen-bond donors (Lipinski definition) is 0. The van der Waals surface area contributed by atoms with Crippen LogP contribution in [0.4, 0.5) is 5.69 Å². The highest BCUT2D eigenvalue weighted by atomic mass is 16.2. The molecule has 2 amide bonds. The average Bonchev–Trinajstić information content (AvgIpc) is 3.41. The second-order valence-electron chi connectivity index (χ2n) is 9.35. The molecule has 0 unspecified atom stereocenters. The van der Waals surface area contributed by atoms with Gasteiger partial charge in [-0.05, 0) is 48.4 Å². The molecule has 37 heavy (non-hydrogen) atoms. The van der Waals surface area contributed by atoms with Crippen LogP contribution >= 0.6 is 0 Å². The third-order valence-electron chi connectivity index (χ3n) is 7.27. The summed E-state index contributed by atoms with van der Waals surface area (Å²) < 4.78 is 2.12. The van der Waals surface area contributed by atoms with Crippen molar-refractivity contribution >= 4 is 39.3 Å². The quantitative estimate of drug-likeness (QED) is 0.246. The third-order valence-corrected chi connectivity index (χ3v) is 7.27. The minimum Gasteiger partial charge on any atom is -0.308 e. The summed E-state index contributed by atoms with van der Waals surface area (Å²) in [6.45, 7) is 2.10. The SMILES string of the molecule is Cc1cccc2c1c1ccccc1n2-c1cccc2c1C(=O)N(c1ccccc1-c1ccccc1)C2=O. The number of para-hydroxylation sites is 2. The minimum atomic E-state index is -0.308. The number of fused-ring (bicyclic) bond motifs is 4. The first-order valence-electron chi connectivity index (χ1n) is 12.3. The van der Waals surface area contributed by atoms with Gasteiger partial charge in [-0.1, -0.05) is 84.9 Å². The van der Waals surface area contributed by atoms with Gasteiger partial charge in [-0.2, -0.15) is 0 Å². The van der Waals surface area contributed by atoms with Gasteiger partial charge in [0.05, 0.1) is 33.5 Å². The lowest BCUT2D eigenvalue weighted by Gasteiger charge is -2.18. The molecule has 0 saturated carbocycles. The lowest BCUT2D eigenvalue weighted by molar-refractivity contribution is 0.0926. The van der Waals surface area contributed by atoms with E-state index in [4.69, 9.17) is 0 Å². The molecule has 4 nitrogen and oxygen atoms in total. The second kappa shape index (κ2) is 8.04. The summed E-state index contributed by atoms with van der Waals surface area (Å²) in [5.41, 5.74) is 7.13. The van der Waals surface area contributed by atoms with E-state index in [-0.39, 0.29) is 11.8 Å². The lowest BCUT2D eigenvalue weighted by atomic mass is 10.0. The van der Waals surface area contributed by atoms with Crippen LogP contribution in [-0.4, -0.2) is 16.4 Å². The number of aromatic nitrogens is 1. The van der Waals surface area contributed by atoms with Crippen molar-refractivity contribution in [3.05, 3.63) is 132 Å². The van der Waals surface area contributed by atoms with Gasteiger partial charge in [-0.15, -0.1) is 0 Å². The second-order valence-corrected chi connectivity index (χ2v) is 9.35. The Morgan fingerprint density at radius 3 is 2.05 bits per heavy atom. The first-order valence-corrected chi connectivity index (χ1v) is 12.3. The Labute approximate surface area is 214 Å². The number of nitrogens with zero attached hydrogens (tertiary/aromatic N) is 2. The maximum atomic E-state index is 14.1. The van der Waals surface area contributed by atoms with Crippen LogP contribution in [0.1, 0.15) is 26.3 Å². The van der Waals surface area contributed by atoms with Crippen molar-refractivity contribution < 1.29 is 9.59 Å². The van der Waals surface area contributed by atoms with Crippen LogP contribution in [0.3, 0.4) is 0 Å². The van der Waals surface area contributed by atoms with E-state index in [9.17, 15) is 9.59 Å². The van der Waals surface area contributed by atoms with E-state index in [1.54, 1.807) is 6.07 Å². The Bertz CT molecular complexity index is 1880. The van der Waals surface area contributed by atoms with Gasteiger partial charge in [-0.25, -0.2) is 4.90 Å². The molecule has 1 aromatic heterocycles. The lowest BCUT2D eigenvalue weighted by Crippen LogP contribution is -2.30. The van der Waals surface area contributed by atoms with E-state index in [0.717, 1.165) is 32.9 Å². The third kappa shape index (κ3) is 3.02. The van der Waals surface area contributed by atoms with Crippen molar-refractivity contribution in [3.8, 4) is 16.8 Å². The number of carbonyl (C=O) groups excluding carboxylic acids is 2. The van der Waals surface area contributed by atoms with Crippen molar-refractivity contribution in [2.45, 2.75) is 6.92 Å². The minimum absolute atomic E-state index is 0.304. The highest BCUT2D eigenvalue weighted by Crippen LogP contribution is 2.40. The van der Waals surface area contributed by atoms with Crippen molar-refractivity contribution in [3.63, 3.8) is 0 Å². The number of rotatable bonds is 3. The molecular formula is C33H22N2O2. The predicted molar refractivity (Wildman–Crippen MR) is 149 cm³/mol. The number of hydrogen-bond acceptors (Lipinski definition) is 2. The summed E-state index contributed by atoms with van der Waals surface area (Å²) in [4.78, 5) is 29.3. The molecule has 0 N–H and O–H groups in total. The largest absolute Gasteiger partial charge is 0.308 e. The van der Waals surface area contributed by atoms with Gasteiger partial charge in [0.1, 0.15) is 0 Å². The van der Waals surface area contributed by atoms with Crippen LogP contribution in [0.5, 0.6) is 0 Å². The molecule has 0 atom stereocenters. The number of benzene rings is 5. The van der Waals surface area contributed by atoms with E-state index < -0.39 is 0 Å². The molecule has 176 valence electrons. The molecule has 0 bridgehead atoms. The molecule has 1 aliphatic rings. The number of amides is 2. The molecule has 0 aliphatic carbocycles. The number of imide groups is 1. The Hall–Kier alpha value is -4.96. The molecule has 6 aromatic rings. The highest BCUT2D eigenvalue weighted by molar-refractivity contribution is 6.36. The molecule has 0 spiro atoms. The van der Waals surface area contributed by atoms with Gasteiger partial charge in [0.15, 0.2) is 0 Å². The van der Waals surface area contributed by atoms with Gasteiger partial charge >= 0.3 is 0 Å². The standard InChI is InChI=1S/C33H22N2O2/c1-21-11-9-19-28-30(21)24-15-6-8-18-27(24)34(28)29-20-10-16-25-31(29)33(37)35(32(25)36)26-17-7-5-14-23(26)22-12-3-2-4-13-22/h2-20H,1H3. The normalized spacial score (nSPS) is 13.1. The van der Waals surface area contributed by atoms with Crippen LogP contribution < -0.4 is 4.90 Å². The molecular weight excluding hydrogens is 456 g/mol. The zero-order valence-electron chi connectivity index (χ0n) is 20.2. The number of anilines is 1. The molecule has 5 aromatic carbocycles. The van der Waals surface area contributed by atoms with Gasteiger partial charge in [0, 0.05) is 16.3 Å². The van der Waals surface area contributed by atoms with Crippen molar-refractivity contribution in [2.24, 2.45) is 0 Å². The fraction of sp³-hybridized carbons (Fsp3) is 0.0303. The molecule has 2 heterocycles. The maximum Gasteiger partial charge on any atom is 0.268 e. The van der Waals surface area contributed by atoms with Crippen molar-refractivity contribution in [1.82, 2.24) is 4.57 Å². The Balaban J connectivity index is 1.47. The molecule has 0 fully saturated rings. The first kappa shape index (κ1) is 21.3. The Morgan fingerprint density at radius 2 is 1.19 bits per heavy atom. The van der Waals surface area contributed by atoms with E-state index in [1.165, 1.54) is 10.5 Å². The summed E-state index contributed by atoms with van der Waals surface area (Å²) in [6, 6.07) is 37.4. The van der Waals surface area contributed by atoms with E-state index >= 15 is 0 Å². The van der Waals surface area contributed by atoms with E-state index in [0.29, 0.717) is 22.5 Å². The molecule has 0 radical (unpaired) electrons. The van der Waals surface area contributed by atoms with Gasteiger partial charge < -0.3 is 4.57 Å². The zero-order valence-corrected chi connectivity index (χ0v) is 20.2. The van der Waals surface area contributed by atoms with Crippen LogP contribution in [-0.2, 0) is 0 Å². The van der Waals surface area contributed by atoms with Crippen LogP contribution in [0.15, 0.2) is 115 Å². The number of aryl methyl sites for hydroxylation is 1. The fourth-order valence-electron chi connectivity index (χ4n) is 5.66. The summed E-state index contributed by atoms with van der Waals surface area (Å²) in [7, 11) is 0. The summed E-state index contributed by atoms with van der Waals surface area (Å²) in [5.74, 6) is -0.611. The van der Waals surface area contributed by atoms with Crippen LogP contribution in [0.25, 0.3) is 38.6 Å². The first-order chi connectivity index (χ1) is 18.1. The van der Waals surface area contributed by atoms with Crippen LogP contribution in [0.2, 0.25) is 0 Å². The molecule has 4 heteroatoms. The topological polar surface area (TPSA) is 42.3 Å². The summed E-state index contributed by atoms with van der Waals surface area (Å²) in [5, 5.41) is 2.27. The Kier molecular flexibility index (Phi) is 4.63. The monoisotopic (exact) mass is 478 g/mol. The zero-order chi connectivity index (χ0) is 25.1. The van der Waals surface area contributed by atoms with E-state index in [2.05, 4.69) is 35.8 Å². The molecule has 0 saturated heterocycles. The van der Waals surface area contributed by atoms with Gasteiger partial charge in [-0.3, -0.25) is 9.59 Å². The fourth-order valence-corrected chi connectivity index (χ4v) is 5.66. The molecule has 7 rings (SSSR count). The smallest absolute Gasteiger partial charge is 0.268 e. The molecule has 1 aliphatic heterocycles. The number of carbonyl (C=O) groups is 2. The van der Waals surface area contributed by atoms with Crippen molar-refractivity contribution in [1.29, 1.82) is 0 Å². The summed E-state index contributed by atoms with van der Waals surface area (Å²) in [6.07, 6.45) is 0. The predicted octanol–water partition coefficient (Wildman–Crippen LogP) is 7.56. The highest BCUT2D eigenvalue weighted by Gasteiger charge is 2.40. The summed E-state index contributed by atoms with van der Waals surface area (Å²) >= 11 is 0. The van der Waals surface area contributed by atoms with Gasteiger partial charge in [0.2, 0.25) is 0 Å². The van der Waals surface area contributed by atoms with Gasteiger partial charge in [0.25, 0.3) is 11.8 Å². The van der Waals surface area contributed by atoms with Crippen LogP contribution in [0, 0.1) is 6.92 Å². The Morgan fingerprint density at radius 1 is 0.541 bits per heavy atom. The van der Waals surface area contributed by atoms with Crippen molar-refractivity contribution in [2.75, 3.05) is 4.90 Å².